The van der Waals surface area contributed by atoms with Gasteiger partial charge in [-0.3, -0.25) is 4.79 Å². The van der Waals surface area contributed by atoms with E-state index in [2.05, 4.69) is 25.4 Å². The summed E-state index contributed by atoms with van der Waals surface area (Å²) in [5.41, 5.74) is 0.226. The van der Waals surface area contributed by atoms with Crippen molar-refractivity contribution in [2.24, 2.45) is 0 Å². The summed E-state index contributed by atoms with van der Waals surface area (Å²) in [5, 5.41) is 5.13. The molecule has 3 aromatic carbocycles. The van der Waals surface area contributed by atoms with E-state index >= 15 is 0 Å². The van der Waals surface area contributed by atoms with E-state index in [1.807, 2.05) is 0 Å². The number of thioether (sulfide) groups is 1. The van der Waals surface area contributed by atoms with Crippen LogP contribution in [0.4, 0.5) is 35.0 Å². The number of nitrogens with zero attached hydrogens (tertiary/aromatic N) is 2. The lowest BCUT2D eigenvalue weighted by atomic mass is 10.1. The second-order valence-electron chi connectivity index (χ2n) is 8.17. The number of nitrogens with one attached hydrogen (secondary N) is 3. The molecule has 0 aliphatic rings. The minimum absolute atomic E-state index is 0.0406. The molecule has 0 aliphatic heterocycles. The molecule has 204 valence electrons. The summed E-state index contributed by atoms with van der Waals surface area (Å²) in [6.45, 7) is 7.40. The van der Waals surface area contributed by atoms with Gasteiger partial charge in [0.25, 0.3) is 11.2 Å². The molecule has 40 heavy (non-hydrogen) atoms. The van der Waals surface area contributed by atoms with Gasteiger partial charge < -0.3 is 20.4 Å². The van der Waals surface area contributed by atoms with E-state index in [1.54, 1.807) is 48.5 Å². The summed E-state index contributed by atoms with van der Waals surface area (Å²) in [6, 6.07) is 15.5. The van der Waals surface area contributed by atoms with Crippen LogP contribution in [0.2, 0.25) is 5.02 Å². The molecule has 3 N–H and O–H groups in total. The van der Waals surface area contributed by atoms with Crippen LogP contribution in [0.1, 0.15) is 11.1 Å². The average molecular weight is 586 g/mol. The molecule has 0 fully saturated rings. The molecular formula is C27H19ClF3N5O3S. The smallest absolute Gasteiger partial charge is 0.416 e. The van der Waals surface area contributed by atoms with E-state index < -0.39 is 23.3 Å². The second-order valence-corrected chi connectivity index (χ2v) is 9.54. The van der Waals surface area contributed by atoms with E-state index in [9.17, 15) is 22.8 Å². The molecule has 4 aromatic rings. The van der Waals surface area contributed by atoms with Crippen molar-refractivity contribution in [3.05, 3.63) is 105 Å². The monoisotopic (exact) mass is 585 g/mol. The molecule has 1 aromatic heterocycles. The quantitative estimate of drug-likeness (QED) is 0.118. The van der Waals surface area contributed by atoms with Crippen LogP contribution >= 0.6 is 23.4 Å². The van der Waals surface area contributed by atoms with Crippen molar-refractivity contribution in [1.82, 2.24) is 9.97 Å². The number of hydrogen-bond donors (Lipinski definition) is 3. The average Bonchev–Trinajstić information content (AvgIpc) is 2.93. The molecule has 8 nitrogen and oxygen atoms in total. The van der Waals surface area contributed by atoms with E-state index in [4.69, 9.17) is 22.9 Å². The van der Waals surface area contributed by atoms with Gasteiger partial charge in [-0.15, -0.1) is 0 Å². The zero-order chi connectivity index (χ0) is 28.9. The molecule has 0 bridgehead atoms. The molecular weight excluding hydrogens is 567 g/mol. The summed E-state index contributed by atoms with van der Waals surface area (Å²) in [7, 11) is 1.51. The highest BCUT2D eigenvalue weighted by Gasteiger charge is 2.31. The molecule has 4 rings (SSSR count). The first kappa shape index (κ1) is 28.5. The first-order chi connectivity index (χ1) is 19.1. The van der Waals surface area contributed by atoms with E-state index in [-0.39, 0.29) is 22.1 Å². The highest BCUT2D eigenvalue weighted by atomic mass is 35.5. The Bertz CT molecular complexity index is 1650. The van der Waals surface area contributed by atoms with Crippen LogP contribution in [0.3, 0.4) is 0 Å². The standard InChI is InChI=1S/C27H19ClF3N5O3S/c1-32-23-22(16-4-3-5-19(12-16)39-2)35-26(36-24(23)37)40-14-15-6-9-18(10-7-15)33-25(38)34-21-13-17(27(29,30)31)8-11-20(21)28/h3-13H,14H2,2H3,(H2,33,34,38)(H,35,36,37). The zero-order valence-corrected chi connectivity index (χ0v) is 22.2. The fraction of sp³-hybridized carbons (Fsp3) is 0.111. The Morgan fingerprint density at radius 1 is 1.12 bits per heavy atom. The Morgan fingerprint density at radius 3 is 2.55 bits per heavy atom. The number of aromatic amines is 1. The topological polar surface area (TPSA) is 100 Å². The lowest BCUT2D eigenvalue weighted by molar-refractivity contribution is -0.137. The van der Waals surface area contributed by atoms with Gasteiger partial charge in [-0.25, -0.2) is 14.6 Å². The van der Waals surface area contributed by atoms with Crippen LogP contribution < -0.4 is 20.9 Å². The largest absolute Gasteiger partial charge is 0.497 e. The highest BCUT2D eigenvalue weighted by Crippen LogP contribution is 2.34. The first-order valence-corrected chi connectivity index (χ1v) is 12.8. The number of ether oxygens (including phenoxy) is 1. The molecule has 0 saturated heterocycles. The maximum atomic E-state index is 13.0. The van der Waals surface area contributed by atoms with Crippen molar-refractivity contribution < 1.29 is 22.7 Å². The van der Waals surface area contributed by atoms with Crippen molar-refractivity contribution in [2.75, 3.05) is 17.7 Å². The third-order valence-corrected chi connectivity index (χ3v) is 6.73. The normalized spacial score (nSPS) is 11.0. The Morgan fingerprint density at radius 2 is 1.88 bits per heavy atom. The van der Waals surface area contributed by atoms with Gasteiger partial charge in [0.1, 0.15) is 5.75 Å². The van der Waals surface area contributed by atoms with Crippen LogP contribution in [0.25, 0.3) is 16.1 Å². The first-order valence-electron chi connectivity index (χ1n) is 11.4. The number of carbonyl (C=O) groups is 1. The Hall–Kier alpha value is -4.47. The third kappa shape index (κ3) is 6.93. The molecule has 0 aliphatic carbocycles. The van der Waals surface area contributed by atoms with Gasteiger partial charge in [0, 0.05) is 11.4 Å². The number of hydrogen-bond acceptors (Lipinski definition) is 5. The number of carbonyl (C=O) groups excluding carboxylic acids is 1. The molecule has 1 heterocycles. The van der Waals surface area contributed by atoms with Crippen LogP contribution in [0.5, 0.6) is 5.75 Å². The van der Waals surface area contributed by atoms with Crippen LogP contribution in [0, 0.1) is 6.57 Å². The van der Waals surface area contributed by atoms with E-state index in [1.165, 1.54) is 18.9 Å². The minimum Gasteiger partial charge on any atom is -0.497 e. The zero-order valence-electron chi connectivity index (χ0n) is 20.6. The predicted molar refractivity (Wildman–Crippen MR) is 148 cm³/mol. The maximum Gasteiger partial charge on any atom is 0.416 e. The Balaban J connectivity index is 1.42. The number of rotatable bonds is 7. The van der Waals surface area contributed by atoms with Crippen molar-refractivity contribution >= 4 is 46.5 Å². The number of urea groups is 1. The lowest BCUT2D eigenvalue weighted by Crippen LogP contribution is -2.20. The van der Waals surface area contributed by atoms with Crippen LogP contribution in [-0.2, 0) is 11.9 Å². The highest BCUT2D eigenvalue weighted by molar-refractivity contribution is 7.98. The SMILES string of the molecule is [C-]#[N+]c1c(-c2cccc(OC)c2)nc(SCc2ccc(NC(=O)Nc3cc(C(F)(F)F)ccc3Cl)cc2)[nH]c1=O. The van der Waals surface area contributed by atoms with Crippen molar-refractivity contribution in [3.8, 4) is 17.0 Å². The fourth-order valence-electron chi connectivity index (χ4n) is 3.51. The maximum absolute atomic E-state index is 13.0. The fourth-order valence-corrected chi connectivity index (χ4v) is 4.49. The van der Waals surface area contributed by atoms with Crippen molar-refractivity contribution in [1.29, 1.82) is 0 Å². The number of benzene rings is 3. The molecule has 0 saturated carbocycles. The lowest BCUT2D eigenvalue weighted by Gasteiger charge is -2.12. The third-order valence-electron chi connectivity index (χ3n) is 5.46. The number of halogens is 4. The summed E-state index contributed by atoms with van der Waals surface area (Å²) >= 11 is 7.17. The van der Waals surface area contributed by atoms with Crippen LogP contribution in [-0.4, -0.2) is 23.1 Å². The van der Waals surface area contributed by atoms with Gasteiger partial charge in [-0.05, 0) is 53.6 Å². The van der Waals surface area contributed by atoms with Gasteiger partial charge in [0.05, 0.1) is 35.6 Å². The Kier molecular flexibility index (Phi) is 8.67. The number of amides is 2. The molecule has 0 unspecified atom stereocenters. The van der Waals surface area contributed by atoms with Gasteiger partial charge in [-0.2, -0.15) is 13.2 Å². The molecule has 0 spiro atoms. The van der Waals surface area contributed by atoms with Crippen LogP contribution in [0.15, 0.2) is 76.7 Å². The van der Waals surface area contributed by atoms with Gasteiger partial charge in [0.2, 0.25) is 0 Å². The van der Waals surface area contributed by atoms with E-state index in [0.29, 0.717) is 27.9 Å². The number of alkyl halides is 3. The number of anilines is 2. The molecule has 13 heteroatoms. The van der Waals surface area contributed by atoms with E-state index in [0.717, 1.165) is 23.8 Å². The van der Waals surface area contributed by atoms with Gasteiger partial charge in [0.15, 0.2) is 5.16 Å². The van der Waals surface area contributed by atoms with Crippen molar-refractivity contribution in [3.63, 3.8) is 0 Å². The van der Waals surface area contributed by atoms with Crippen molar-refractivity contribution in [2.45, 2.75) is 17.1 Å². The number of aromatic nitrogens is 2. The molecule has 0 radical (unpaired) electrons. The number of H-pyrrole nitrogens is 1. The summed E-state index contributed by atoms with van der Waals surface area (Å²) in [5.74, 6) is 0.967. The summed E-state index contributed by atoms with van der Waals surface area (Å²) in [6.07, 6.45) is -4.58. The number of methoxy groups -OCH3 is 1. The summed E-state index contributed by atoms with van der Waals surface area (Å²) < 4.78 is 44.1. The summed E-state index contributed by atoms with van der Waals surface area (Å²) in [4.78, 5) is 35.3. The van der Waals surface area contributed by atoms with Gasteiger partial charge >= 0.3 is 12.2 Å². The van der Waals surface area contributed by atoms with Gasteiger partial charge in [-0.1, -0.05) is 47.6 Å². The minimum atomic E-state index is -4.58. The predicted octanol–water partition coefficient (Wildman–Crippen LogP) is 7.60. The molecule has 0 atom stereocenters. The molecule has 2 amide bonds. The second kappa shape index (κ2) is 12.1. The Labute approximate surface area is 235 Å².